The Bertz CT molecular complexity index is 2230. The molecule has 8 bridgehead atoms. The number of nitrogens with one attached hydrogen (secondary N) is 4. The molecule has 2 aliphatic heterocycles. The van der Waals surface area contributed by atoms with Crippen LogP contribution in [0.5, 0.6) is 5.75 Å². The number of fused-ring (bicyclic) bond motifs is 8. The van der Waals surface area contributed by atoms with E-state index < -0.39 is 0 Å². The van der Waals surface area contributed by atoms with Crippen molar-refractivity contribution in [2.24, 2.45) is 0 Å². The van der Waals surface area contributed by atoms with Gasteiger partial charge in [0.25, 0.3) is 0 Å². The molecule has 7 rings (SSSR count). The number of hydrogen-bond donors (Lipinski definition) is 5. The molecule has 0 saturated heterocycles. The zero-order chi connectivity index (χ0) is 35.3. The van der Waals surface area contributed by atoms with E-state index in [9.17, 15) is 5.11 Å². The molecule has 0 atom stereocenters. The van der Waals surface area contributed by atoms with Gasteiger partial charge in [0, 0.05) is 44.3 Å². The molecule has 0 spiro atoms. The maximum Gasteiger partial charge on any atom is 0.115 e. The van der Waals surface area contributed by atoms with Crippen molar-refractivity contribution in [2.75, 3.05) is 5.32 Å². The van der Waals surface area contributed by atoms with Crippen LogP contribution in [-0.4, -0.2) is 20.1 Å². The topological polar surface area (TPSA) is 79.6 Å². The number of anilines is 1. The van der Waals surface area contributed by atoms with Gasteiger partial charge in [-0.15, -0.1) is 0 Å². The van der Waals surface area contributed by atoms with E-state index in [-0.39, 0.29) is 11.2 Å². The molecule has 2 aliphatic rings. The minimum absolute atomic E-state index is 0.222. The smallest absolute Gasteiger partial charge is 0.115 e. The Kier molecular flexibility index (Phi) is 8.96. The monoisotopic (exact) mass is 666 g/mol. The molecular weight excluding hydrogens is 613 g/mol. The van der Waals surface area contributed by atoms with Crippen LogP contribution in [0.25, 0.3) is 29.0 Å². The van der Waals surface area contributed by atoms with Gasteiger partial charge in [-0.25, -0.2) is 0 Å². The van der Waals surface area contributed by atoms with Crippen LogP contribution in [0.1, 0.15) is 130 Å². The highest BCUT2D eigenvalue weighted by atomic mass is 16.3. The van der Waals surface area contributed by atoms with E-state index in [4.69, 9.17) is 0 Å². The van der Waals surface area contributed by atoms with Gasteiger partial charge in [0.15, 0.2) is 0 Å². The van der Waals surface area contributed by atoms with Crippen molar-refractivity contribution < 1.29 is 5.11 Å². The first-order chi connectivity index (χ1) is 24.3. The summed E-state index contributed by atoms with van der Waals surface area (Å²) < 4.78 is 0. The number of aromatic hydroxyl groups is 1. The lowest BCUT2D eigenvalue weighted by Crippen LogP contribution is -2.26. The summed E-state index contributed by atoms with van der Waals surface area (Å²) in [5.41, 5.74) is 20.2. The molecule has 2 aromatic carbocycles. The Morgan fingerprint density at radius 3 is 1.60 bits per heavy atom. The normalized spacial score (nSPS) is 14.5. The van der Waals surface area contributed by atoms with E-state index in [0.29, 0.717) is 0 Å². The molecule has 0 fully saturated rings. The number of benzene rings is 2. The average Bonchev–Trinajstić information content (AvgIpc) is 3.87. The van der Waals surface area contributed by atoms with Crippen molar-refractivity contribution in [3.05, 3.63) is 120 Å². The summed E-state index contributed by atoms with van der Waals surface area (Å²) in [5.74, 6) is 0.278. The number of hydrogen-bond acceptors (Lipinski definition) is 2. The van der Waals surface area contributed by atoms with Gasteiger partial charge in [-0.05, 0) is 120 Å². The van der Waals surface area contributed by atoms with Gasteiger partial charge in [-0.2, -0.15) is 0 Å². The van der Waals surface area contributed by atoms with Crippen molar-refractivity contribution in [3.8, 4) is 17.0 Å². The summed E-state index contributed by atoms with van der Waals surface area (Å²) in [4.78, 5) is 12.0. The quantitative estimate of drug-likeness (QED) is 0.109. The second-order valence-corrected chi connectivity index (χ2v) is 14.0. The summed E-state index contributed by atoms with van der Waals surface area (Å²) in [6, 6.07) is 14.7. The fourth-order valence-corrected chi connectivity index (χ4v) is 9.44. The number of allylic oxidation sites excluding steroid dienone is 1. The van der Waals surface area contributed by atoms with Crippen molar-refractivity contribution >= 4 is 23.4 Å². The van der Waals surface area contributed by atoms with E-state index in [2.05, 4.69) is 118 Å². The Hall–Kier alpha value is -4.64. The van der Waals surface area contributed by atoms with Gasteiger partial charge < -0.3 is 25.4 Å². The van der Waals surface area contributed by atoms with Gasteiger partial charge >= 0.3 is 0 Å². The maximum absolute atomic E-state index is 10.4. The number of aromatic amines is 3. The van der Waals surface area contributed by atoms with Crippen molar-refractivity contribution in [1.82, 2.24) is 15.0 Å². The zero-order valence-electron chi connectivity index (χ0n) is 31.3. The molecule has 5 nitrogen and oxygen atoms in total. The summed E-state index contributed by atoms with van der Waals surface area (Å²) in [6.45, 7) is 18.4. The Labute approximate surface area is 297 Å². The van der Waals surface area contributed by atoms with Crippen LogP contribution in [-0.2, 0) is 43.9 Å². The molecule has 0 radical (unpaired) electrons. The molecule has 0 saturated carbocycles. The van der Waals surface area contributed by atoms with Gasteiger partial charge in [-0.1, -0.05) is 85.7 Å². The molecule has 50 heavy (non-hydrogen) atoms. The first kappa shape index (κ1) is 33.8. The van der Waals surface area contributed by atoms with E-state index in [0.717, 1.165) is 56.9 Å². The van der Waals surface area contributed by atoms with Gasteiger partial charge in [0.1, 0.15) is 5.75 Å². The minimum Gasteiger partial charge on any atom is -0.508 e. The Balaban J connectivity index is 1.72. The highest BCUT2D eigenvalue weighted by Crippen LogP contribution is 2.55. The molecule has 0 aliphatic carbocycles. The van der Waals surface area contributed by atoms with E-state index in [1.54, 1.807) is 0 Å². The van der Waals surface area contributed by atoms with E-state index >= 15 is 0 Å². The number of phenols is 1. The molecule has 5 heteroatoms. The van der Waals surface area contributed by atoms with Crippen molar-refractivity contribution in [1.29, 1.82) is 0 Å². The molecule has 5 N–H and O–H groups in total. The first-order valence-corrected chi connectivity index (χ1v) is 19.2. The third-order valence-electron chi connectivity index (χ3n) is 11.9. The van der Waals surface area contributed by atoms with Crippen LogP contribution in [0, 0.1) is 0 Å². The second-order valence-electron chi connectivity index (χ2n) is 14.0. The standard InChI is InChI=1S/C45H54N4O/c1-9-28-29(10-2)37-25-39-31(12-4)33(14-6)43(48-39)40(26-20-22-27(50)23-21-26)44-45(15-7,16-8)35-19-17-18-34(42(35)49-44)41-32(13-5)30(11-3)38(47-41)24-36(28)46-37/h17-25,46-50H,9-16H2,1-8H3. The fraction of sp³-hybridized carbons (Fsp3) is 0.378. The van der Waals surface area contributed by atoms with Crippen molar-refractivity contribution in [2.45, 2.75) is 112 Å². The number of H-pyrrole nitrogens is 3. The third kappa shape index (κ3) is 4.95. The van der Waals surface area contributed by atoms with Crippen LogP contribution in [0.15, 0.2) is 48.2 Å². The molecule has 3 aromatic heterocycles. The lowest BCUT2D eigenvalue weighted by atomic mass is 9.72. The molecule has 0 unspecified atom stereocenters. The number of para-hydroxylation sites is 1. The van der Waals surface area contributed by atoms with Gasteiger partial charge in [-0.3, -0.25) is 0 Å². The predicted octanol–water partition coefficient (Wildman–Crippen LogP) is 9.33. The Morgan fingerprint density at radius 1 is 0.560 bits per heavy atom. The number of rotatable bonds is 9. The lowest BCUT2D eigenvalue weighted by molar-refractivity contribution is 0.475. The SMILES string of the molecule is CCc1c2[nH]c(c1CC)C(c1ccc(O)cc1)=C1Nc3c(cccc3C1(CC)CC)-c1[nH]c(c(CC)c1CC)C=c1[nH]c(c(CC)c1CC)=C2. The molecule has 5 aromatic rings. The van der Waals surface area contributed by atoms with Crippen molar-refractivity contribution in [3.63, 3.8) is 0 Å². The van der Waals surface area contributed by atoms with Crippen LogP contribution in [0.3, 0.4) is 0 Å². The van der Waals surface area contributed by atoms with Crippen LogP contribution < -0.4 is 16.0 Å². The summed E-state index contributed by atoms with van der Waals surface area (Å²) in [7, 11) is 0. The second kappa shape index (κ2) is 13.2. The fourth-order valence-electron chi connectivity index (χ4n) is 9.44. The molecule has 5 heterocycles. The molecule has 260 valence electrons. The highest BCUT2D eigenvalue weighted by molar-refractivity contribution is 5.94. The van der Waals surface area contributed by atoms with E-state index in [1.165, 1.54) is 94.9 Å². The summed E-state index contributed by atoms with van der Waals surface area (Å²) in [5, 5.41) is 17.0. The Morgan fingerprint density at radius 2 is 1.08 bits per heavy atom. The first-order valence-electron chi connectivity index (χ1n) is 19.2. The third-order valence-corrected chi connectivity index (χ3v) is 11.9. The minimum atomic E-state index is -0.222. The van der Waals surface area contributed by atoms with Gasteiger partial charge in [0.2, 0.25) is 0 Å². The van der Waals surface area contributed by atoms with Crippen LogP contribution >= 0.6 is 0 Å². The number of phenolic OH excluding ortho intramolecular Hbond substituents is 1. The number of aromatic nitrogens is 3. The maximum atomic E-state index is 10.4. The van der Waals surface area contributed by atoms with Crippen LogP contribution in [0.2, 0.25) is 0 Å². The molecular formula is C45H54N4O. The summed E-state index contributed by atoms with van der Waals surface area (Å²) >= 11 is 0. The average molecular weight is 667 g/mol. The van der Waals surface area contributed by atoms with Crippen LogP contribution in [0.4, 0.5) is 5.69 Å². The zero-order valence-corrected chi connectivity index (χ0v) is 31.3. The van der Waals surface area contributed by atoms with E-state index in [1.807, 2.05) is 12.1 Å². The predicted molar refractivity (Wildman–Crippen MR) is 210 cm³/mol. The largest absolute Gasteiger partial charge is 0.508 e. The summed E-state index contributed by atoms with van der Waals surface area (Å²) in [6.07, 6.45) is 12.4. The lowest BCUT2D eigenvalue weighted by Gasteiger charge is -2.31. The highest BCUT2D eigenvalue weighted by Gasteiger charge is 2.44. The molecule has 0 amide bonds. The van der Waals surface area contributed by atoms with Gasteiger partial charge in [0.05, 0.1) is 17.1 Å².